The van der Waals surface area contributed by atoms with Crippen LogP contribution in [0, 0.1) is 0 Å². The average molecular weight is 233 g/mol. The summed E-state index contributed by atoms with van der Waals surface area (Å²) in [5, 5.41) is 18.6. The second-order valence-electron chi connectivity index (χ2n) is 5.15. The van der Waals surface area contributed by atoms with Gasteiger partial charge >= 0.3 is 0 Å². The average Bonchev–Trinajstić information content (AvgIpc) is 2.00. The number of aliphatic hydroxyl groups is 1. The summed E-state index contributed by atoms with van der Waals surface area (Å²) < 4.78 is 0.831. The third kappa shape index (κ3) is 23.3. The van der Waals surface area contributed by atoms with Gasteiger partial charge in [0.15, 0.2) is 0 Å². The Morgan fingerprint density at radius 1 is 1.31 bits per heavy atom. The van der Waals surface area contributed by atoms with Crippen LogP contribution in [0.3, 0.4) is 0 Å². The number of aliphatic carboxylic acids is 1. The molecule has 0 saturated heterocycles. The molecule has 1 N–H and O–H groups in total. The lowest BCUT2D eigenvalue weighted by atomic mass is 10.2. The van der Waals surface area contributed by atoms with Crippen molar-refractivity contribution in [3.05, 3.63) is 0 Å². The van der Waals surface area contributed by atoms with Gasteiger partial charge in [-0.3, -0.25) is 0 Å². The first-order valence-corrected chi connectivity index (χ1v) is 5.87. The molecule has 1 atom stereocenters. The monoisotopic (exact) mass is 233 g/mol. The van der Waals surface area contributed by atoms with Crippen LogP contribution in [0.25, 0.3) is 0 Å². The summed E-state index contributed by atoms with van der Waals surface area (Å²) in [6.07, 6.45) is 2.85. The summed E-state index contributed by atoms with van der Waals surface area (Å²) >= 11 is 0. The quantitative estimate of drug-likeness (QED) is 0.533. The molecule has 4 heteroatoms. The molecule has 0 aliphatic carbocycles. The van der Waals surface area contributed by atoms with Crippen molar-refractivity contribution in [1.29, 1.82) is 0 Å². The molecule has 0 fully saturated rings. The van der Waals surface area contributed by atoms with Crippen molar-refractivity contribution in [2.75, 3.05) is 27.7 Å². The topological polar surface area (TPSA) is 60.4 Å². The molecule has 98 valence electrons. The van der Waals surface area contributed by atoms with Gasteiger partial charge < -0.3 is 19.5 Å². The van der Waals surface area contributed by atoms with Gasteiger partial charge in [-0.15, -0.1) is 0 Å². The summed E-state index contributed by atoms with van der Waals surface area (Å²) in [5.41, 5.74) is 0. The van der Waals surface area contributed by atoms with Crippen molar-refractivity contribution in [1.82, 2.24) is 0 Å². The first-order valence-electron chi connectivity index (χ1n) is 5.87. The van der Waals surface area contributed by atoms with Crippen molar-refractivity contribution in [2.45, 2.75) is 45.6 Å². The highest BCUT2D eigenvalue weighted by Gasteiger charge is 2.09. The van der Waals surface area contributed by atoms with Gasteiger partial charge in [-0.1, -0.05) is 19.8 Å². The number of carboxylic acid groups (broad SMARTS) is 1. The molecule has 16 heavy (non-hydrogen) atoms. The van der Waals surface area contributed by atoms with Gasteiger partial charge in [-0.25, -0.2) is 0 Å². The van der Waals surface area contributed by atoms with E-state index < -0.39 is 5.97 Å². The standard InChI is InChI=1S/C6H16NO.C6H12O2/c1-6(8)5-7(2,3)4;1-2-3-4-5-6(7)8/h6,8H,5H2,1-4H3;2-5H2,1H3,(H,7,8)/q+1;/p-1. The van der Waals surface area contributed by atoms with Crippen molar-refractivity contribution >= 4 is 5.97 Å². The first-order chi connectivity index (χ1) is 7.19. The first kappa shape index (κ1) is 17.8. The van der Waals surface area contributed by atoms with Gasteiger partial charge in [-0.2, -0.15) is 0 Å². The van der Waals surface area contributed by atoms with Crippen LogP contribution in [-0.4, -0.2) is 49.4 Å². The number of nitrogens with zero attached hydrogens (tertiary/aromatic N) is 1. The van der Waals surface area contributed by atoms with E-state index in [-0.39, 0.29) is 12.5 Å². The van der Waals surface area contributed by atoms with E-state index in [4.69, 9.17) is 5.11 Å². The smallest absolute Gasteiger partial charge is 0.104 e. The second-order valence-corrected chi connectivity index (χ2v) is 5.15. The van der Waals surface area contributed by atoms with E-state index in [0.717, 1.165) is 30.3 Å². The van der Waals surface area contributed by atoms with Crippen LogP contribution in [0.15, 0.2) is 0 Å². The fraction of sp³-hybridized carbons (Fsp3) is 0.917. The molecular weight excluding hydrogens is 206 g/mol. The van der Waals surface area contributed by atoms with Crippen molar-refractivity contribution in [3.63, 3.8) is 0 Å². The highest BCUT2D eigenvalue weighted by atomic mass is 16.4. The number of carbonyl (C=O) groups is 1. The summed E-state index contributed by atoms with van der Waals surface area (Å²) in [6, 6.07) is 0. The molecule has 0 rings (SSSR count). The van der Waals surface area contributed by atoms with Crippen LogP contribution in [0.4, 0.5) is 0 Å². The van der Waals surface area contributed by atoms with Crippen LogP contribution in [0.1, 0.15) is 39.5 Å². The van der Waals surface area contributed by atoms with Crippen molar-refractivity contribution < 1.29 is 19.5 Å². The van der Waals surface area contributed by atoms with Crippen LogP contribution in [0.2, 0.25) is 0 Å². The molecule has 0 aliphatic rings. The fourth-order valence-electron chi connectivity index (χ4n) is 1.31. The lowest BCUT2D eigenvalue weighted by molar-refractivity contribution is -0.873. The molecule has 0 aliphatic heterocycles. The van der Waals surface area contributed by atoms with E-state index >= 15 is 0 Å². The van der Waals surface area contributed by atoms with Gasteiger partial charge in [0.25, 0.3) is 0 Å². The summed E-state index contributed by atoms with van der Waals surface area (Å²) in [5.74, 6) is -0.932. The minimum Gasteiger partial charge on any atom is -0.550 e. The normalized spacial score (nSPS) is 12.6. The van der Waals surface area contributed by atoms with Crippen LogP contribution in [0.5, 0.6) is 0 Å². The van der Waals surface area contributed by atoms with Crippen molar-refractivity contribution in [2.24, 2.45) is 0 Å². The molecule has 0 aromatic rings. The van der Waals surface area contributed by atoms with E-state index in [1.807, 2.05) is 13.8 Å². The van der Waals surface area contributed by atoms with Crippen LogP contribution < -0.4 is 5.11 Å². The van der Waals surface area contributed by atoms with Crippen LogP contribution in [-0.2, 0) is 4.79 Å². The molecule has 0 bridgehead atoms. The van der Waals surface area contributed by atoms with E-state index in [9.17, 15) is 9.90 Å². The number of hydrogen-bond donors (Lipinski definition) is 1. The minimum atomic E-state index is -0.932. The van der Waals surface area contributed by atoms with Crippen LogP contribution >= 0.6 is 0 Å². The number of carbonyl (C=O) groups excluding carboxylic acids is 1. The Morgan fingerprint density at radius 3 is 2.00 bits per heavy atom. The highest BCUT2D eigenvalue weighted by Crippen LogP contribution is 1.96. The molecule has 0 spiro atoms. The lowest BCUT2D eigenvalue weighted by Gasteiger charge is -2.24. The predicted octanol–water partition coefficient (Wildman–Crippen LogP) is 0.390. The van der Waals surface area contributed by atoms with E-state index in [0.29, 0.717) is 0 Å². The molecule has 0 aromatic carbocycles. The zero-order valence-electron chi connectivity index (χ0n) is 11.3. The predicted molar refractivity (Wildman–Crippen MR) is 63.7 cm³/mol. The zero-order valence-corrected chi connectivity index (χ0v) is 11.3. The number of hydrogen-bond acceptors (Lipinski definition) is 3. The molecule has 1 unspecified atom stereocenters. The van der Waals surface area contributed by atoms with E-state index in [2.05, 4.69) is 21.1 Å². The fourth-order valence-corrected chi connectivity index (χ4v) is 1.31. The van der Waals surface area contributed by atoms with Gasteiger partial charge in [0, 0.05) is 5.97 Å². The summed E-state index contributed by atoms with van der Waals surface area (Å²) in [7, 11) is 6.19. The Hall–Kier alpha value is -0.610. The third-order valence-corrected chi connectivity index (χ3v) is 1.80. The zero-order chi connectivity index (χ0) is 13.2. The molecule has 0 aromatic heterocycles. The maximum Gasteiger partial charge on any atom is 0.104 e. The Morgan fingerprint density at radius 2 is 1.81 bits per heavy atom. The Balaban J connectivity index is 0. The van der Waals surface area contributed by atoms with E-state index in [1.165, 1.54) is 0 Å². The second kappa shape index (κ2) is 9.60. The number of rotatable bonds is 6. The molecule has 4 nitrogen and oxygen atoms in total. The third-order valence-electron chi connectivity index (χ3n) is 1.80. The number of unbranched alkanes of at least 4 members (excludes halogenated alkanes) is 2. The highest BCUT2D eigenvalue weighted by molar-refractivity contribution is 5.63. The van der Waals surface area contributed by atoms with Crippen molar-refractivity contribution in [3.8, 4) is 0 Å². The number of quaternary nitrogens is 1. The molecule has 0 amide bonds. The molecule has 0 radical (unpaired) electrons. The number of likely N-dealkylation sites (N-methyl/N-ethyl adjacent to an activating group) is 1. The minimum absolute atomic E-state index is 0.185. The van der Waals surface area contributed by atoms with E-state index in [1.54, 1.807) is 0 Å². The van der Waals surface area contributed by atoms with Gasteiger partial charge in [0.2, 0.25) is 0 Å². The summed E-state index contributed by atoms with van der Waals surface area (Å²) in [4.78, 5) is 9.76. The Labute approximate surface area is 99.5 Å². The lowest BCUT2D eigenvalue weighted by Crippen LogP contribution is -2.40. The Bertz CT molecular complexity index is 174. The number of aliphatic hydroxyl groups excluding tert-OH is 1. The van der Waals surface area contributed by atoms with Gasteiger partial charge in [0.05, 0.1) is 21.1 Å². The maximum absolute atomic E-state index is 9.76. The number of carboxylic acids is 1. The SMILES string of the molecule is CC(O)C[N+](C)(C)C.CCCCCC(=O)[O-]. The van der Waals surface area contributed by atoms with Gasteiger partial charge in [0.1, 0.15) is 12.6 Å². The largest absolute Gasteiger partial charge is 0.550 e. The maximum atomic E-state index is 9.76. The Kier molecular flexibility index (Phi) is 10.7. The molecule has 0 heterocycles. The molecule has 0 saturated carbocycles. The summed E-state index contributed by atoms with van der Waals surface area (Å²) in [6.45, 7) is 4.67. The van der Waals surface area contributed by atoms with Gasteiger partial charge in [-0.05, 0) is 19.8 Å². The molecular formula is C12H27NO3.